The molecule has 0 bridgehead atoms. The fourth-order valence-electron chi connectivity index (χ4n) is 2.14. The zero-order chi connectivity index (χ0) is 16.5. The van der Waals surface area contributed by atoms with Gasteiger partial charge in [0.05, 0.1) is 5.56 Å². The third-order valence-electron chi connectivity index (χ3n) is 3.51. The first kappa shape index (κ1) is 17.3. The Balaban J connectivity index is 1.84. The molecule has 2 N–H and O–H groups in total. The summed E-state index contributed by atoms with van der Waals surface area (Å²) < 4.78 is 0. The maximum absolute atomic E-state index is 12.0. The highest BCUT2D eigenvalue weighted by Gasteiger charge is 2.05. The van der Waals surface area contributed by atoms with E-state index < -0.39 is 0 Å². The quantitative estimate of drug-likeness (QED) is 0.710. The average molecular weight is 332 g/mol. The molecule has 0 spiro atoms. The van der Waals surface area contributed by atoms with Crippen LogP contribution in [0.15, 0.2) is 42.6 Å². The van der Waals surface area contributed by atoms with Gasteiger partial charge in [-0.05, 0) is 30.2 Å². The zero-order valence-electron chi connectivity index (χ0n) is 13.3. The van der Waals surface area contributed by atoms with E-state index in [1.54, 1.807) is 18.3 Å². The van der Waals surface area contributed by atoms with Crippen molar-refractivity contribution in [1.82, 2.24) is 10.3 Å². The molecule has 0 aliphatic carbocycles. The predicted molar refractivity (Wildman–Crippen MR) is 94.9 cm³/mol. The molecule has 2 rings (SSSR count). The van der Waals surface area contributed by atoms with Gasteiger partial charge in [-0.1, -0.05) is 49.6 Å². The minimum atomic E-state index is -0.0775. The third-order valence-corrected chi connectivity index (χ3v) is 3.88. The molecule has 0 fully saturated rings. The van der Waals surface area contributed by atoms with Gasteiger partial charge in [0, 0.05) is 24.3 Å². The van der Waals surface area contributed by atoms with E-state index in [0.717, 1.165) is 29.8 Å². The van der Waals surface area contributed by atoms with Crippen molar-refractivity contribution in [2.45, 2.75) is 32.7 Å². The normalized spacial score (nSPS) is 10.3. The summed E-state index contributed by atoms with van der Waals surface area (Å²) >= 11 is 6.11. The molecule has 23 heavy (non-hydrogen) atoms. The van der Waals surface area contributed by atoms with E-state index >= 15 is 0 Å². The molecular formula is C18H22ClN3O. The fraction of sp³-hybridized carbons (Fsp3) is 0.333. The number of carbonyl (C=O) groups excluding carboxylic acids is 1. The Morgan fingerprint density at radius 2 is 2.00 bits per heavy atom. The predicted octanol–water partition coefficient (Wildman–Crippen LogP) is 4.27. The molecule has 4 nitrogen and oxygen atoms in total. The second-order valence-electron chi connectivity index (χ2n) is 5.34. The van der Waals surface area contributed by atoms with Gasteiger partial charge in [-0.25, -0.2) is 4.98 Å². The molecule has 0 aliphatic heterocycles. The number of anilines is 1. The maximum atomic E-state index is 12.0. The van der Waals surface area contributed by atoms with Crippen LogP contribution in [0.1, 0.15) is 42.1 Å². The molecule has 1 aromatic carbocycles. The second-order valence-corrected chi connectivity index (χ2v) is 5.75. The van der Waals surface area contributed by atoms with Gasteiger partial charge in [-0.15, -0.1) is 0 Å². The Kier molecular flexibility index (Phi) is 6.88. The number of halogens is 1. The van der Waals surface area contributed by atoms with Gasteiger partial charge in [-0.2, -0.15) is 0 Å². The van der Waals surface area contributed by atoms with E-state index in [0.29, 0.717) is 24.5 Å². The molecule has 122 valence electrons. The Morgan fingerprint density at radius 1 is 1.17 bits per heavy atom. The fourth-order valence-corrected chi connectivity index (χ4v) is 2.34. The smallest absolute Gasteiger partial charge is 0.252 e. The van der Waals surface area contributed by atoms with Crippen LogP contribution in [0.4, 0.5) is 5.82 Å². The van der Waals surface area contributed by atoms with E-state index in [1.165, 1.54) is 0 Å². The van der Waals surface area contributed by atoms with Crippen LogP contribution in [0, 0.1) is 0 Å². The van der Waals surface area contributed by atoms with Crippen LogP contribution in [0.5, 0.6) is 0 Å². The Labute approximate surface area is 142 Å². The highest BCUT2D eigenvalue weighted by molar-refractivity contribution is 6.31. The van der Waals surface area contributed by atoms with Gasteiger partial charge < -0.3 is 10.6 Å². The lowest BCUT2D eigenvalue weighted by Gasteiger charge is -2.08. The topological polar surface area (TPSA) is 54.0 Å². The van der Waals surface area contributed by atoms with Crippen molar-refractivity contribution in [3.63, 3.8) is 0 Å². The van der Waals surface area contributed by atoms with E-state index in [9.17, 15) is 4.79 Å². The second kappa shape index (κ2) is 9.16. The van der Waals surface area contributed by atoms with Crippen molar-refractivity contribution < 1.29 is 4.79 Å². The molecule has 1 aromatic heterocycles. The standard InChI is InChI=1S/C18H22ClN3O/c1-2-3-6-11-20-18(23)15-9-10-17(22-13-15)21-12-14-7-4-5-8-16(14)19/h4-5,7-10,13H,2-3,6,11-12H2,1H3,(H,20,23)(H,21,22). The van der Waals surface area contributed by atoms with Crippen LogP contribution >= 0.6 is 11.6 Å². The van der Waals surface area contributed by atoms with E-state index in [1.807, 2.05) is 24.3 Å². The number of amides is 1. The highest BCUT2D eigenvalue weighted by Crippen LogP contribution is 2.16. The number of rotatable bonds is 8. The molecule has 0 saturated carbocycles. The summed E-state index contributed by atoms with van der Waals surface area (Å²) in [6.07, 6.45) is 4.86. The highest BCUT2D eigenvalue weighted by atomic mass is 35.5. The molecule has 0 unspecified atom stereocenters. The summed E-state index contributed by atoms with van der Waals surface area (Å²) in [5.74, 6) is 0.638. The first-order chi connectivity index (χ1) is 11.2. The van der Waals surface area contributed by atoms with Crippen LogP contribution in [0.25, 0.3) is 0 Å². The van der Waals surface area contributed by atoms with Crippen molar-refractivity contribution >= 4 is 23.3 Å². The molecule has 1 amide bonds. The summed E-state index contributed by atoms with van der Waals surface area (Å²) in [6.45, 7) is 3.44. The van der Waals surface area contributed by atoms with Gasteiger partial charge in [0.25, 0.3) is 5.91 Å². The number of nitrogens with zero attached hydrogens (tertiary/aromatic N) is 1. The lowest BCUT2D eigenvalue weighted by molar-refractivity contribution is 0.0952. The van der Waals surface area contributed by atoms with Gasteiger partial charge in [0.1, 0.15) is 5.82 Å². The molecule has 0 atom stereocenters. The molecule has 0 radical (unpaired) electrons. The number of aromatic nitrogens is 1. The van der Waals surface area contributed by atoms with E-state index in [2.05, 4.69) is 22.5 Å². The minimum Gasteiger partial charge on any atom is -0.366 e. The number of pyridine rings is 1. The Hall–Kier alpha value is -2.07. The van der Waals surface area contributed by atoms with Crippen molar-refractivity contribution in [3.8, 4) is 0 Å². The van der Waals surface area contributed by atoms with Crippen LogP contribution in [-0.2, 0) is 6.54 Å². The summed E-state index contributed by atoms with van der Waals surface area (Å²) in [4.78, 5) is 16.2. The number of nitrogens with one attached hydrogen (secondary N) is 2. The first-order valence-corrected chi connectivity index (χ1v) is 8.30. The lowest BCUT2D eigenvalue weighted by Crippen LogP contribution is -2.24. The third kappa shape index (κ3) is 5.57. The molecular weight excluding hydrogens is 310 g/mol. The number of hydrogen-bond donors (Lipinski definition) is 2. The zero-order valence-corrected chi connectivity index (χ0v) is 14.1. The average Bonchev–Trinajstić information content (AvgIpc) is 2.58. The largest absolute Gasteiger partial charge is 0.366 e. The number of hydrogen-bond acceptors (Lipinski definition) is 3. The first-order valence-electron chi connectivity index (χ1n) is 7.92. The lowest BCUT2D eigenvalue weighted by atomic mass is 10.2. The van der Waals surface area contributed by atoms with Crippen molar-refractivity contribution in [1.29, 1.82) is 0 Å². The van der Waals surface area contributed by atoms with Crippen LogP contribution in [-0.4, -0.2) is 17.4 Å². The SMILES string of the molecule is CCCCCNC(=O)c1ccc(NCc2ccccc2Cl)nc1. The van der Waals surface area contributed by atoms with Crippen LogP contribution in [0.3, 0.4) is 0 Å². The molecule has 0 aliphatic rings. The maximum Gasteiger partial charge on any atom is 0.252 e. The molecule has 0 saturated heterocycles. The van der Waals surface area contributed by atoms with Gasteiger partial charge in [-0.3, -0.25) is 4.79 Å². The Bertz CT molecular complexity index is 628. The van der Waals surface area contributed by atoms with Gasteiger partial charge in [0.15, 0.2) is 0 Å². The monoisotopic (exact) mass is 331 g/mol. The number of unbranched alkanes of at least 4 members (excludes halogenated alkanes) is 2. The number of benzene rings is 1. The van der Waals surface area contributed by atoms with Crippen molar-refractivity contribution in [2.24, 2.45) is 0 Å². The van der Waals surface area contributed by atoms with Gasteiger partial charge in [0.2, 0.25) is 0 Å². The number of carbonyl (C=O) groups is 1. The Morgan fingerprint density at radius 3 is 2.70 bits per heavy atom. The summed E-state index contributed by atoms with van der Waals surface area (Å²) in [7, 11) is 0. The minimum absolute atomic E-state index is 0.0775. The van der Waals surface area contributed by atoms with Crippen LogP contribution < -0.4 is 10.6 Å². The summed E-state index contributed by atoms with van der Waals surface area (Å²) in [6, 6.07) is 11.3. The van der Waals surface area contributed by atoms with E-state index in [4.69, 9.17) is 11.6 Å². The summed E-state index contributed by atoms with van der Waals surface area (Å²) in [5, 5.41) is 6.83. The van der Waals surface area contributed by atoms with Crippen molar-refractivity contribution in [3.05, 3.63) is 58.7 Å². The summed E-state index contributed by atoms with van der Waals surface area (Å²) in [5.41, 5.74) is 1.58. The van der Waals surface area contributed by atoms with Crippen LogP contribution in [0.2, 0.25) is 5.02 Å². The molecule has 2 aromatic rings. The van der Waals surface area contributed by atoms with Gasteiger partial charge >= 0.3 is 0 Å². The molecule has 1 heterocycles. The molecule has 5 heteroatoms. The van der Waals surface area contributed by atoms with E-state index in [-0.39, 0.29) is 5.91 Å². The van der Waals surface area contributed by atoms with Crippen molar-refractivity contribution in [2.75, 3.05) is 11.9 Å².